The van der Waals surface area contributed by atoms with Crippen LogP contribution < -0.4 is 4.74 Å². The second-order valence-electron chi connectivity index (χ2n) is 11.4. The molecule has 1 aromatic rings. The molecule has 0 bridgehead atoms. The number of hydrogen-bond donors (Lipinski definition) is 0. The lowest BCUT2D eigenvalue weighted by atomic mass is 9.67. The monoisotopic (exact) mass is 488 g/mol. The average molecular weight is 489 g/mol. The zero-order valence-electron chi connectivity index (χ0n) is 22.0. The van der Waals surface area contributed by atoms with E-state index in [1.165, 1.54) is 51.4 Å². The molecule has 2 atom stereocenters. The van der Waals surface area contributed by atoms with E-state index in [4.69, 9.17) is 9.47 Å². The van der Waals surface area contributed by atoms with Crippen LogP contribution in [0.1, 0.15) is 109 Å². The molecule has 3 fully saturated rings. The van der Waals surface area contributed by atoms with E-state index >= 15 is 0 Å². The first-order chi connectivity index (χ1) is 17.1. The third-order valence-corrected chi connectivity index (χ3v) is 9.14. The minimum Gasteiger partial charge on any atom is -0.490 e. The van der Waals surface area contributed by atoms with Crippen LogP contribution in [0.25, 0.3) is 0 Å². The Morgan fingerprint density at radius 2 is 1.57 bits per heavy atom. The SMILES string of the molecule is CC=CCCC1CCC(C2CCC(C3CCC(c4ccc(OCCC)c(F)c4F)CC3)CC2)OC1. The van der Waals surface area contributed by atoms with Crippen molar-refractivity contribution in [3.63, 3.8) is 0 Å². The summed E-state index contributed by atoms with van der Waals surface area (Å²) in [5.41, 5.74) is 0.548. The first kappa shape index (κ1) is 26.6. The molecule has 3 aliphatic rings. The quantitative estimate of drug-likeness (QED) is 0.323. The maximum atomic E-state index is 14.8. The van der Waals surface area contributed by atoms with E-state index in [0.717, 1.165) is 62.4 Å². The Morgan fingerprint density at radius 3 is 2.20 bits per heavy atom. The van der Waals surface area contributed by atoms with Gasteiger partial charge in [-0.05, 0) is 132 Å². The smallest absolute Gasteiger partial charge is 0.200 e. The molecule has 1 heterocycles. The molecule has 4 rings (SSSR count). The Balaban J connectivity index is 1.20. The van der Waals surface area contributed by atoms with Gasteiger partial charge in [0.25, 0.3) is 0 Å². The molecule has 35 heavy (non-hydrogen) atoms. The van der Waals surface area contributed by atoms with Gasteiger partial charge in [-0.1, -0.05) is 25.1 Å². The van der Waals surface area contributed by atoms with E-state index in [1.807, 2.05) is 6.92 Å². The van der Waals surface area contributed by atoms with Crippen molar-refractivity contribution < 1.29 is 18.3 Å². The van der Waals surface area contributed by atoms with Crippen LogP contribution in [0, 0.1) is 35.3 Å². The average Bonchev–Trinajstić information content (AvgIpc) is 2.90. The van der Waals surface area contributed by atoms with Crippen molar-refractivity contribution in [3.05, 3.63) is 41.5 Å². The first-order valence-corrected chi connectivity index (χ1v) is 14.4. The van der Waals surface area contributed by atoms with Gasteiger partial charge in [0.1, 0.15) is 0 Å². The van der Waals surface area contributed by atoms with E-state index in [2.05, 4.69) is 19.1 Å². The summed E-state index contributed by atoms with van der Waals surface area (Å²) in [4.78, 5) is 0. The maximum absolute atomic E-state index is 14.8. The van der Waals surface area contributed by atoms with Crippen LogP contribution in [0.3, 0.4) is 0 Å². The van der Waals surface area contributed by atoms with E-state index in [0.29, 0.717) is 18.3 Å². The molecule has 1 aromatic carbocycles. The fourth-order valence-corrected chi connectivity index (χ4v) is 7.00. The largest absolute Gasteiger partial charge is 0.490 e. The number of ether oxygens (including phenoxy) is 2. The van der Waals surface area contributed by atoms with Crippen molar-refractivity contribution in [2.24, 2.45) is 23.7 Å². The summed E-state index contributed by atoms with van der Waals surface area (Å²) in [6, 6.07) is 3.38. The normalized spacial score (nSPS) is 32.1. The summed E-state index contributed by atoms with van der Waals surface area (Å²) in [6.45, 7) is 5.42. The van der Waals surface area contributed by atoms with Crippen molar-refractivity contribution in [2.45, 2.75) is 109 Å². The molecule has 2 saturated carbocycles. The summed E-state index contributed by atoms with van der Waals surface area (Å²) in [5, 5.41) is 0. The van der Waals surface area contributed by atoms with Gasteiger partial charge in [-0.2, -0.15) is 4.39 Å². The number of rotatable bonds is 9. The molecule has 0 aromatic heterocycles. The van der Waals surface area contributed by atoms with Crippen molar-refractivity contribution >= 4 is 0 Å². The minimum absolute atomic E-state index is 0.0460. The zero-order valence-corrected chi connectivity index (χ0v) is 22.0. The van der Waals surface area contributed by atoms with Crippen molar-refractivity contribution in [1.29, 1.82) is 0 Å². The summed E-state index contributed by atoms with van der Waals surface area (Å²) < 4.78 is 41.0. The summed E-state index contributed by atoms with van der Waals surface area (Å²) >= 11 is 0. The van der Waals surface area contributed by atoms with Gasteiger partial charge >= 0.3 is 0 Å². The Hall–Kier alpha value is -1.42. The second-order valence-corrected chi connectivity index (χ2v) is 11.4. The third-order valence-electron chi connectivity index (χ3n) is 9.14. The van der Waals surface area contributed by atoms with Crippen LogP contribution in [-0.4, -0.2) is 19.3 Å². The highest BCUT2D eigenvalue weighted by atomic mass is 19.2. The van der Waals surface area contributed by atoms with Gasteiger partial charge in [-0.25, -0.2) is 4.39 Å². The molecule has 0 N–H and O–H groups in total. The fraction of sp³-hybridized carbons (Fsp3) is 0.742. The fourth-order valence-electron chi connectivity index (χ4n) is 7.00. The summed E-state index contributed by atoms with van der Waals surface area (Å²) in [6.07, 6.45) is 20.2. The summed E-state index contributed by atoms with van der Waals surface area (Å²) in [5.74, 6) is 1.70. The molecule has 2 nitrogen and oxygen atoms in total. The molecule has 2 aliphatic carbocycles. The lowest BCUT2D eigenvalue weighted by molar-refractivity contribution is -0.0614. The lowest BCUT2D eigenvalue weighted by Gasteiger charge is -2.41. The topological polar surface area (TPSA) is 18.5 Å². The minimum atomic E-state index is -0.814. The number of halogens is 2. The number of hydrogen-bond acceptors (Lipinski definition) is 2. The van der Waals surface area contributed by atoms with Crippen LogP contribution in [-0.2, 0) is 4.74 Å². The standard InChI is InChI=1S/C31H46F2O2/c1-3-5-6-7-22-8-18-28(35-21-22)26-15-11-24(12-16-26)23-9-13-25(14-10-23)27-17-19-29(34-20-4-2)31(33)30(27)32/h3,5,17,19,22-26,28H,4,6-16,18,20-21H2,1-2H3. The summed E-state index contributed by atoms with van der Waals surface area (Å²) in [7, 11) is 0. The lowest BCUT2D eigenvalue weighted by Crippen LogP contribution is -2.35. The van der Waals surface area contributed by atoms with Crippen molar-refractivity contribution in [1.82, 2.24) is 0 Å². The molecule has 0 spiro atoms. The highest BCUT2D eigenvalue weighted by molar-refractivity contribution is 5.33. The van der Waals surface area contributed by atoms with Gasteiger partial charge in [-0.15, -0.1) is 0 Å². The zero-order chi connectivity index (χ0) is 24.6. The van der Waals surface area contributed by atoms with E-state index in [9.17, 15) is 8.78 Å². The van der Waals surface area contributed by atoms with E-state index in [1.54, 1.807) is 12.1 Å². The Labute approximate surface area is 211 Å². The first-order valence-electron chi connectivity index (χ1n) is 14.4. The molecule has 1 saturated heterocycles. The molecule has 0 radical (unpaired) electrons. The highest BCUT2D eigenvalue weighted by Crippen LogP contribution is 2.46. The van der Waals surface area contributed by atoms with Crippen LogP contribution >= 0.6 is 0 Å². The van der Waals surface area contributed by atoms with Crippen molar-refractivity contribution in [3.8, 4) is 5.75 Å². The van der Waals surface area contributed by atoms with Gasteiger partial charge in [0, 0.05) is 6.61 Å². The predicted molar refractivity (Wildman–Crippen MR) is 139 cm³/mol. The molecule has 4 heteroatoms. The van der Waals surface area contributed by atoms with Gasteiger partial charge < -0.3 is 9.47 Å². The Kier molecular flexibility index (Phi) is 10.1. The van der Waals surface area contributed by atoms with Crippen LogP contribution in [0.4, 0.5) is 8.78 Å². The maximum Gasteiger partial charge on any atom is 0.200 e. The van der Waals surface area contributed by atoms with Gasteiger partial charge in [0.15, 0.2) is 11.6 Å². The van der Waals surface area contributed by atoms with Gasteiger partial charge in [-0.3, -0.25) is 0 Å². The molecule has 196 valence electrons. The Bertz CT molecular complexity index is 798. The third kappa shape index (κ3) is 6.87. The molecule has 1 aliphatic heterocycles. The van der Waals surface area contributed by atoms with Gasteiger partial charge in [0.2, 0.25) is 5.82 Å². The highest BCUT2D eigenvalue weighted by Gasteiger charge is 2.36. The van der Waals surface area contributed by atoms with E-state index in [-0.39, 0.29) is 11.7 Å². The van der Waals surface area contributed by atoms with Crippen molar-refractivity contribution in [2.75, 3.05) is 13.2 Å². The van der Waals surface area contributed by atoms with E-state index < -0.39 is 11.6 Å². The van der Waals surface area contributed by atoms with Gasteiger partial charge in [0.05, 0.1) is 12.7 Å². The second kappa shape index (κ2) is 13.2. The molecular formula is C31H46F2O2. The molecular weight excluding hydrogens is 442 g/mol. The molecule has 2 unspecified atom stereocenters. The number of benzene rings is 1. The van der Waals surface area contributed by atoms with Crippen LogP contribution in [0.2, 0.25) is 0 Å². The van der Waals surface area contributed by atoms with Crippen LogP contribution in [0.15, 0.2) is 24.3 Å². The molecule has 0 amide bonds. The van der Waals surface area contributed by atoms with Crippen LogP contribution in [0.5, 0.6) is 5.75 Å². The predicted octanol–water partition coefficient (Wildman–Crippen LogP) is 8.99. The number of allylic oxidation sites excluding steroid dienone is 2. The Morgan fingerprint density at radius 1 is 0.886 bits per heavy atom.